The van der Waals surface area contributed by atoms with Gasteiger partial charge >= 0.3 is 0 Å². The molecule has 0 aliphatic carbocycles. The van der Waals surface area contributed by atoms with Gasteiger partial charge in [0.15, 0.2) is 0 Å². The third-order valence-electron chi connectivity index (χ3n) is 3.44. The standard InChI is InChI=1S/C13H17N3/c14-11-2-3-13-12(8-11)10(9-15-13)4-7-16-5-1-6-16/h2-3,8-9,15H,1,4-7,14H2. The lowest BCUT2D eigenvalue weighted by Gasteiger charge is -2.30. The number of hydrogen-bond donors (Lipinski definition) is 2. The quantitative estimate of drug-likeness (QED) is 0.769. The van der Waals surface area contributed by atoms with Gasteiger partial charge in [0.05, 0.1) is 0 Å². The van der Waals surface area contributed by atoms with Crippen LogP contribution in [0, 0.1) is 0 Å². The van der Waals surface area contributed by atoms with Gasteiger partial charge in [-0.25, -0.2) is 0 Å². The maximum Gasteiger partial charge on any atom is 0.0458 e. The van der Waals surface area contributed by atoms with Crippen molar-refractivity contribution < 1.29 is 0 Å². The fourth-order valence-electron chi connectivity index (χ4n) is 2.29. The number of nitrogens with one attached hydrogen (secondary N) is 1. The predicted molar refractivity (Wildman–Crippen MR) is 67.5 cm³/mol. The molecular weight excluding hydrogens is 198 g/mol. The zero-order valence-corrected chi connectivity index (χ0v) is 9.37. The summed E-state index contributed by atoms with van der Waals surface area (Å²) in [7, 11) is 0. The van der Waals surface area contributed by atoms with Crippen molar-refractivity contribution in [1.82, 2.24) is 9.88 Å². The molecule has 0 atom stereocenters. The van der Waals surface area contributed by atoms with Crippen LogP contribution < -0.4 is 5.73 Å². The highest BCUT2D eigenvalue weighted by Gasteiger charge is 2.13. The molecule has 3 N–H and O–H groups in total. The van der Waals surface area contributed by atoms with E-state index in [0.717, 1.165) is 12.1 Å². The van der Waals surface area contributed by atoms with Crippen LogP contribution in [0.4, 0.5) is 5.69 Å². The number of benzene rings is 1. The van der Waals surface area contributed by atoms with Gasteiger partial charge in [-0.1, -0.05) is 0 Å². The molecule has 0 amide bonds. The molecule has 1 aromatic heterocycles. The molecule has 0 spiro atoms. The van der Waals surface area contributed by atoms with E-state index < -0.39 is 0 Å². The van der Waals surface area contributed by atoms with E-state index in [-0.39, 0.29) is 0 Å². The molecule has 2 heterocycles. The monoisotopic (exact) mass is 215 g/mol. The molecule has 2 aromatic rings. The highest BCUT2D eigenvalue weighted by atomic mass is 15.2. The normalized spacial score (nSPS) is 16.5. The van der Waals surface area contributed by atoms with Crippen LogP contribution in [-0.4, -0.2) is 29.5 Å². The third kappa shape index (κ3) is 1.67. The summed E-state index contributed by atoms with van der Waals surface area (Å²) in [5, 5.41) is 1.28. The second kappa shape index (κ2) is 3.83. The lowest BCUT2D eigenvalue weighted by atomic mass is 10.1. The van der Waals surface area contributed by atoms with Crippen molar-refractivity contribution in [1.29, 1.82) is 0 Å². The van der Waals surface area contributed by atoms with Crippen molar-refractivity contribution in [3.8, 4) is 0 Å². The number of nitrogen functional groups attached to an aromatic ring is 1. The van der Waals surface area contributed by atoms with Gasteiger partial charge < -0.3 is 15.6 Å². The summed E-state index contributed by atoms with van der Waals surface area (Å²) in [6, 6.07) is 6.06. The third-order valence-corrected chi connectivity index (χ3v) is 3.44. The molecule has 1 aliphatic heterocycles. The molecule has 3 rings (SSSR count). The molecule has 1 fully saturated rings. The summed E-state index contributed by atoms with van der Waals surface area (Å²) in [5.41, 5.74) is 9.24. The van der Waals surface area contributed by atoms with Gasteiger partial charge in [0.1, 0.15) is 0 Å². The Morgan fingerprint density at radius 1 is 1.31 bits per heavy atom. The average Bonchev–Trinajstić information content (AvgIpc) is 2.59. The topological polar surface area (TPSA) is 45.1 Å². The molecule has 3 heteroatoms. The molecule has 1 saturated heterocycles. The van der Waals surface area contributed by atoms with Crippen LogP contribution in [0.25, 0.3) is 10.9 Å². The Kier molecular flexibility index (Phi) is 2.33. The number of nitrogens with two attached hydrogens (primary N) is 1. The van der Waals surface area contributed by atoms with Crippen molar-refractivity contribution in [2.24, 2.45) is 0 Å². The largest absolute Gasteiger partial charge is 0.399 e. The van der Waals surface area contributed by atoms with Crippen molar-refractivity contribution in [2.45, 2.75) is 12.8 Å². The summed E-state index contributed by atoms with van der Waals surface area (Å²) in [6.07, 6.45) is 4.59. The second-order valence-electron chi connectivity index (χ2n) is 4.56. The average molecular weight is 215 g/mol. The minimum Gasteiger partial charge on any atom is -0.399 e. The SMILES string of the molecule is Nc1ccc2[nH]cc(CCN3CCC3)c2c1. The van der Waals surface area contributed by atoms with Crippen molar-refractivity contribution in [2.75, 3.05) is 25.4 Å². The molecule has 0 bridgehead atoms. The van der Waals surface area contributed by atoms with Crippen LogP contribution in [0.1, 0.15) is 12.0 Å². The van der Waals surface area contributed by atoms with E-state index in [9.17, 15) is 0 Å². The van der Waals surface area contributed by atoms with E-state index in [2.05, 4.69) is 28.2 Å². The number of hydrogen-bond acceptors (Lipinski definition) is 2. The molecule has 0 saturated carbocycles. The minimum absolute atomic E-state index is 0.845. The highest BCUT2D eigenvalue weighted by Crippen LogP contribution is 2.22. The first-order valence-corrected chi connectivity index (χ1v) is 5.91. The number of rotatable bonds is 3. The molecule has 3 nitrogen and oxygen atoms in total. The maximum absolute atomic E-state index is 5.82. The van der Waals surface area contributed by atoms with Crippen LogP contribution in [0.2, 0.25) is 0 Å². The van der Waals surface area contributed by atoms with Gasteiger partial charge in [-0.15, -0.1) is 0 Å². The van der Waals surface area contributed by atoms with Crippen LogP contribution >= 0.6 is 0 Å². The zero-order chi connectivity index (χ0) is 11.0. The molecular formula is C13H17N3. The van der Waals surface area contributed by atoms with Crippen LogP contribution in [0.15, 0.2) is 24.4 Å². The van der Waals surface area contributed by atoms with Crippen LogP contribution in [0.3, 0.4) is 0 Å². The summed E-state index contributed by atoms with van der Waals surface area (Å²) < 4.78 is 0. The van der Waals surface area contributed by atoms with E-state index in [1.807, 2.05) is 6.07 Å². The number of H-pyrrole nitrogens is 1. The second-order valence-corrected chi connectivity index (χ2v) is 4.56. The highest BCUT2D eigenvalue weighted by molar-refractivity contribution is 5.86. The van der Waals surface area contributed by atoms with E-state index in [1.165, 1.54) is 42.5 Å². The first kappa shape index (κ1) is 9.73. The summed E-state index contributed by atoms with van der Waals surface area (Å²) >= 11 is 0. The van der Waals surface area contributed by atoms with E-state index in [0.29, 0.717) is 0 Å². The number of nitrogens with zero attached hydrogens (tertiary/aromatic N) is 1. The number of aromatic nitrogens is 1. The minimum atomic E-state index is 0.845. The Labute approximate surface area is 95.2 Å². The molecule has 1 aromatic carbocycles. The fraction of sp³-hybridized carbons (Fsp3) is 0.385. The number of anilines is 1. The van der Waals surface area contributed by atoms with Crippen LogP contribution in [-0.2, 0) is 6.42 Å². The van der Waals surface area contributed by atoms with Gasteiger partial charge in [-0.3, -0.25) is 0 Å². The molecule has 84 valence electrons. The van der Waals surface area contributed by atoms with E-state index >= 15 is 0 Å². The molecule has 16 heavy (non-hydrogen) atoms. The Bertz CT molecular complexity index is 497. The predicted octanol–water partition coefficient (Wildman–Crippen LogP) is 2.00. The van der Waals surface area contributed by atoms with Crippen molar-refractivity contribution >= 4 is 16.6 Å². The Morgan fingerprint density at radius 2 is 2.19 bits per heavy atom. The molecule has 0 unspecified atom stereocenters. The van der Waals surface area contributed by atoms with Gasteiger partial charge in [-0.2, -0.15) is 0 Å². The first-order chi connectivity index (χ1) is 7.83. The first-order valence-electron chi connectivity index (χ1n) is 5.91. The Balaban J connectivity index is 1.82. The summed E-state index contributed by atoms with van der Waals surface area (Å²) in [6.45, 7) is 3.71. The maximum atomic E-state index is 5.82. The van der Waals surface area contributed by atoms with Crippen molar-refractivity contribution in [3.63, 3.8) is 0 Å². The smallest absolute Gasteiger partial charge is 0.0458 e. The number of aromatic amines is 1. The van der Waals surface area contributed by atoms with Crippen molar-refractivity contribution in [3.05, 3.63) is 30.0 Å². The lowest BCUT2D eigenvalue weighted by Crippen LogP contribution is -2.38. The van der Waals surface area contributed by atoms with Gasteiger partial charge in [0.2, 0.25) is 0 Å². The van der Waals surface area contributed by atoms with E-state index in [1.54, 1.807) is 0 Å². The van der Waals surface area contributed by atoms with Gasteiger partial charge in [0, 0.05) is 29.3 Å². The number of fused-ring (bicyclic) bond motifs is 1. The lowest BCUT2D eigenvalue weighted by molar-refractivity contribution is 0.184. The number of likely N-dealkylation sites (tertiary alicyclic amines) is 1. The Hall–Kier alpha value is -1.48. The molecule has 1 aliphatic rings. The fourth-order valence-corrected chi connectivity index (χ4v) is 2.29. The van der Waals surface area contributed by atoms with E-state index in [4.69, 9.17) is 5.73 Å². The zero-order valence-electron chi connectivity index (χ0n) is 9.37. The Morgan fingerprint density at radius 3 is 2.94 bits per heavy atom. The molecule has 0 radical (unpaired) electrons. The van der Waals surface area contributed by atoms with Gasteiger partial charge in [0.25, 0.3) is 0 Å². The summed E-state index contributed by atoms with van der Waals surface area (Å²) in [4.78, 5) is 5.79. The summed E-state index contributed by atoms with van der Waals surface area (Å²) in [5.74, 6) is 0. The van der Waals surface area contributed by atoms with Crippen LogP contribution in [0.5, 0.6) is 0 Å². The van der Waals surface area contributed by atoms with Gasteiger partial charge in [-0.05, 0) is 49.7 Å².